The van der Waals surface area contributed by atoms with Crippen LogP contribution < -0.4 is 0 Å². The lowest BCUT2D eigenvalue weighted by molar-refractivity contribution is -0.194. The maximum absolute atomic E-state index is 12.0. The van der Waals surface area contributed by atoms with Crippen LogP contribution >= 0.6 is 0 Å². The molecule has 4 rings (SSSR count). The van der Waals surface area contributed by atoms with E-state index in [0.29, 0.717) is 12.8 Å². The molecule has 4 aliphatic carbocycles. The van der Waals surface area contributed by atoms with Gasteiger partial charge in [-0.2, -0.15) is 5.26 Å². The number of rotatable bonds is 1. The van der Waals surface area contributed by atoms with E-state index in [9.17, 15) is 15.5 Å². The maximum atomic E-state index is 12.0. The molecule has 7 atom stereocenters. The molecule has 4 heteroatoms. The van der Waals surface area contributed by atoms with E-state index in [0.717, 1.165) is 31.4 Å². The van der Waals surface area contributed by atoms with Crippen molar-refractivity contribution in [3.63, 3.8) is 0 Å². The summed E-state index contributed by atoms with van der Waals surface area (Å²) < 4.78 is 5.46. The Hall–Kier alpha value is -1.31. The van der Waals surface area contributed by atoms with Gasteiger partial charge in [-0.3, -0.25) is 0 Å². The van der Waals surface area contributed by atoms with E-state index in [1.165, 1.54) is 5.57 Å². The molecule has 4 nitrogen and oxygen atoms in total. The highest BCUT2D eigenvalue weighted by molar-refractivity contribution is 5.40. The van der Waals surface area contributed by atoms with E-state index >= 15 is 0 Å². The van der Waals surface area contributed by atoms with Crippen LogP contribution in [0, 0.1) is 39.9 Å². The zero-order chi connectivity index (χ0) is 19.0. The van der Waals surface area contributed by atoms with Crippen LogP contribution in [-0.4, -0.2) is 28.5 Å². The van der Waals surface area contributed by atoms with Gasteiger partial charge in [0.05, 0.1) is 24.5 Å². The monoisotopic (exact) mass is 357 g/mol. The standard InChI is InChI=1S/C22H31NO3/c1-14-11-18-17-6-5-15-12-16(26-4)7-8-19(15,2)21(17,24)10-9-20(18,3)22(14,25)13-23/h5,12,14,17-18,24-25H,6-11H2,1-4H3/t14-,17-,18-,19-,20-,21+,22+/m0/s1. The van der Waals surface area contributed by atoms with Crippen molar-refractivity contribution in [1.82, 2.24) is 0 Å². The first kappa shape index (κ1) is 18.1. The third-order valence-electron chi connectivity index (χ3n) is 8.94. The van der Waals surface area contributed by atoms with E-state index in [2.05, 4.69) is 32.1 Å². The van der Waals surface area contributed by atoms with Crippen molar-refractivity contribution < 1.29 is 14.9 Å². The molecule has 2 N–H and O–H groups in total. The lowest BCUT2D eigenvalue weighted by Gasteiger charge is -2.62. The van der Waals surface area contributed by atoms with Crippen LogP contribution in [0.15, 0.2) is 23.5 Å². The van der Waals surface area contributed by atoms with E-state index in [-0.39, 0.29) is 23.2 Å². The molecule has 142 valence electrons. The molecule has 4 aliphatic rings. The molecule has 0 bridgehead atoms. The number of hydrogen-bond donors (Lipinski definition) is 2. The highest BCUT2D eigenvalue weighted by Gasteiger charge is 2.70. The third-order valence-corrected chi connectivity index (χ3v) is 8.94. The molecule has 0 radical (unpaired) electrons. The fraction of sp³-hybridized carbons (Fsp3) is 0.773. The molecule has 2 saturated carbocycles. The number of fused-ring (bicyclic) bond motifs is 5. The van der Waals surface area contributed by atoms with Gasteiger partial charge in [-0.05, 0) is 61.5 Å². The predicted molar refractivity (Wildman–Crippen MR) is 98.7 cm³/mol. The largest absolute Gasteiger partial charge is 0.501 e. The summed E-state index contributed by atoms with van der Waals surface area (Å²) >= 11 is 0. The zero-order valence-corrected chi connectivity index (χ0v) is 16.4. The van der Waals surface area contributed by atoms with Gasteiger partial charge < -0.3 is 14.9 Å². The van der Waals surface area contributed by atoms with Gasteiger partial charge in [0.1, 0.15) is 0 Å². The molecule has 0 spiro atoms. The summed E-state index contributed by atoms with van der Waals surface area (Å²) in [5, 5.41) is 33.0. The second-order valence-electron chi connectivity index (χ2n) is 9.61. The zero-order valence-electron chi connectivity index (χ0n) is 16.4. The minimum absolute atomic E-state index is 0.0608. The van der Waals surface area contributed by atoms with Gasteiger partial charge in [0, 0.05) is 17.3 Å². The number of allylic oxidation sites excluding steroid dienone is 3. The number of hydrogen-bond acceptors (Lipinski definition) is 4. The lowest BCUT2D eigenvalue weighted by Crippen LogP contribution is -2.63. The van der Waals surface area contributed by atoms with Crippen LogP contribution in [-0.2, 0) is 4.74 Å². The van der Waals surface area contributed by atoms with Gasteiger partial charge in [0.2, 0.25) is 0 Å². The van der Waals surface area contributed by atoms with Gasteiger partial charge in [-0.15, -0.1) is 0 Å². The first-order valence-electron chi connectivity index (χ1n) is 9.97. The molecule has 0 aromatic carbocycles. The molecule has 0 aliphatic heterocycles. The maximum Gasteiger partial charge on any atom is 0.159 e. The second kappa shape index (κ2) is 5.36. The number of ether oxygens (including phenoxy) is 1. The average Bonchev–Trinajstić information content (AvgIpc) is 2.83. The van der Waals surface area contributed by atoms with Gasteiger partial charge in [-0.25, -0.2) is 0 Å². The molecule has 0 heterocycles. The van der Waals surface area contributed by atoms with Crippen LogP contribution in [0.1, 0.15) is 59.3 Å². The van der Waals surface area contributed by atoms with Crippen LogP contribution in [0.5, 0.6) is 0 Å². The third kappa shape index (κ3) is 1.86. The Morgan fingerprint density at radius 1 is 1.19 bits per heavy atom. The van der Waals surface area contributed by atoms with E-state index in [1.807, 2.05) is 6.92 Å². The van der Waals surface area contributed by atoms with Crippen LogP contribution in [0.4, 0.5) is 0 Å². The Kier molecular flexibility index (Phi) is 3.73. The number of methoxy groups -OCH3 is 1. The Bertz CT molecular complexity index is 736. The highest BCUT2D eigenvalue weighted by atomic mass is 16.5. The normalized spacial score (nSPS) is 52.7. The van der Waals surface area contributed by atoms with E-state index in [1.54, 1.807) is 7.11 Å². The minimum Gasteiger partial charge on any atom is -0.501 e. The Morgan fingerprint density at radius 3 is 2.58 bits per heavy atom. The van der Waals surface area contributed by atoms with Crippen molar-refractivity contribution in [2.75, 3.05) is 7.11 Å². The molecule has 2 fully saturated rings. The summed E-state index contributed by atoms with van der Waals surface area (Å²) in [7, 11) is 1.71. The highest BCUT2D eigenvalue weighted by Crippen LogP contribution is 2.69. The summed E-state index contributed by atoms with van der Waals surface area (Å²) in [4.78, 5) is 0. The lowest BCUT2D eigenvalue weighted by atomic mass is 9.45. The number of nitriles is 1. The van der Waals surface area contributed by atoms with Crippen molar-refractivity contribution in [3.8, 4) is 6.07 Å². The summed E-state index contributed by atoms with van der Waals surface area (Å²) in [5.41, 5.74) is -1.60. The number of nitrogens with zero attached hydrogens (tertiary/aromatic N) is 1. The van der Waals surface area contributed by atoms with Crippen molar-refractivity contribution in [1.29, 1.82) is 5.26 Å². The van der Waals surface area contributed by atoms with Gasteiger partial charge in [0.15, 0.2) is 5.60 Å². The molecular weight excluding hydrogens is 326 g/mol. The average molecular weight is 357 g/mol. The van der Waals surface area contributed by atoms with Crippen LogP contribution in [0.3, 0.4) is 0 Å². The quantitative estimate of drug-likeness (QED) is 0.702. The smallest absolute Gasteiger partial charge is 0.159 e. The number of aliphatic hydroxyl groups is 2. The SMILES string of the molecule is COC1=CC2=CC[C@H]3[C@@H]4C[C@H](C)[C@](O)(C#N)[C@@]4(C)CC[C@]3(O)[C@@]2(C)CC1. The van der Waals surface area contributed by atoms with Gasteiger partial charge in [0.25, 0.3) is 0 Å². The Morgan fingerprint density at radius 2 is 1.92 bits per heavy atom. The van der Waals surface area contributed by atoms with E-state index in [4.69, 9.17) is 4.74 Å². The van der Waals surface area contributed by atoms with Gasteiger partial charge >= 0.3 is 0 Å². The van der Waals surface area contributed by atoms with E-state index < -0.39 is 16.6 Å². The molecule has 0 amide bonds. The second-order valence-corrected chi connectivity index (χ2v) is 9.61. The topological polar surface area (TPSA) is 73.5 Å². The fourth-order valence-corrected chi connectivity index (χ4v) is 6.98. The molecule has 0 aromatic rings. The molecular formula is C22H31NO3. The summed E-state index contributed by atoms with van der Waals surface area (Å²) in [6, 6.07) is 2.25. The van der Waals surface area contributed by atoms with Crippen molar-refractivity contribution >= 4 is 0 Å². The van der Waals surface area contributed by atoms with Gasteiger partial charge in [-0.1, -0.05) is 26.8 Å². The van der Waals surface area contributed by atoms with Crippen LogP contribution in [0.25, 0.3) is 0 Å². The summed E-state index contributed by atoms with van der Waals surface area (Å²) in [6.07, 6.45) is 9.09. The predicted octanol–water partition coefficient (Wildman–Crippen LogP) is 3.70. The van der Waals surface area contributed by atoms with Crippen molar-refractivity contribution in [3.05, 3.63) is 23.5 Å². The Balaban J connectivity index is 1.79. The molecule has 0 unspecified atom stereocenters. The molecule has 0 aromatic heterocycles. The van der Waals surface area contributed by atoms with Crippen molar-refractivity contribution in [2.24, 2.45) is 28.6 Å². The summed E-state index contributed by atoms with van der Waals surface area (Å²) in [5.74, 6) is 1.19. The van der Waals surface area contributed by atoms with Crippen LogP contribution in [0.2, 0.25) is 0 Å². The fourth-order valence-electron chi connectivity index (χ4n) is 6.98. The molecule has 0 saturated heterocycles. The first-order valence-corrected chi connectivity index (χ1v) is 9.97. The molecule has 26 heavy (non-hydrogen) atoms. The first-order chi connectivity index (χ1) is 12.2. The van der Waals surface area contributed by atoms with Crippen molar-refractivity contribution in [2.45, 2.75) is 70.5 Å². The minimum atomic E-state index is -1.29. The Labute approximate surface area is 156 Å². The summed E-state index contributed by atoms with van der Waals surface area (Å²) in [6.45, 7) is 6.27.